The zero-order chi connectivity index (χ0) is 13.3. The van der Waals surface area contributed by atoms with E-state index in [0.717, 1.165) is 0 Å². The molecule has 0 radical (unpaired) electrons. The maximum Gasteiger partial charge on any atom is 0.334 e. The minimum Gasteiger partial charge on any atom is -0.270 e. The monoisotopic (exact) mass is 246 g/mol. The zero-order valence-corrected chi connectivity index (χ0v) is 9.86. The fourth-order valence-electron chi connectivity index (χ4n) is 1.81. The lowest BCUT2D eigenvalue weighted by atomic mass is 10.3. The van der Waals surface area contributed by atoms with Crippen molar-refractivity contribution in [1.29, 1.82) is 5.26 Å². The first-order valence-electron chi connectivity index (χ1n) is 5.24. The maximum atomic E-state index is 11.1. The van der Waals surface area contributed by atoms with Gasteiger partial charge < -0.3 is 0 Å². The molecular formula is C10H10N6O2. The third-order valence-corrected chi connectivity index (χ3v) is 2.55. The van der Waals surface area contributed by atoms with Crippen molar-refractivity contribution >= 4 is 5.69 Å². The van der Waals surface area contributed by atoms with Crippen molar-refractivity contribution in [2.24, 2.45) is 7.05 Å². The van der Waals surface area contributed by atoms with Crippen LogP contribution in [-0.2, 0) is 13.5 Å². The molecule has 18 heavy (non-hydrogen) atoms. The molecule has 0 aliphatic rings. The molecule has 2 aromatic heterocycles. The third-order valence-electron chi connectivity index (χ3n) is 2.55. The predicted octanol–water partition coefficient (Wildman–Crippen LogP) is 0.948. The highest BCUT2D eigenvalue weighted by atomic mass is 16.6. The smallest absolute Gasteiger partial charge is 0.270 e. The van der Waals surface area contributed by atoms with Gasteiger partial charge in [0, 0.05) is 19.4 Å². The SMILES string of the molecule is CCc1nn(C)c(-n2ccnc2C#N)c1[N+](=O)[O-]. The quantitative estimate of drug-likeness (QED) is 0.592. The summed E-state index contributed by atoms with van der Waals surface area (Å²) in [5, 5.41) is 24.2. The van der Waals surface area contributed by atoms with Crippen LogP contribution in [0, 0.1) is 21.4 Å². The molecule has 2 aromatic rings. The number of nitro groups is 1. The summed E-state index contributed by atoms with van der Waals surface area (Å²) in [6.45, 7) is 1.79. The first-order chi connectivity index (χ1) is 8.60. The summed E-state index contributed by atoms with van der Waals surface area (Å²) in [5.74, 6) is 0.328. The van der Waals surface area contributed by atoms with Crippen LogP contribution in [0.2, 0.25) is 0 Å². The van der Waals surface area contributed by atoms with Crippen LogP contribution in [0.3, 0.4) is 0 Å². The fraction of sp³-hybridized carbons (Fsp3) is 0.300. The van der Waals surface area contributed by atoms with E-state index in [1.54, 1.807) is 14.0 Å². The number of rotatable bonds is 3. The van der Waals surface area contributed by atoms with Gasteiger partial charge in [0.25, 0.3) is 0 Å². The summed E-state index contributed by atoms with van der Waals surface area (Å²) in [4.78, 5) is 14.5. The van der Waals surface area contributed by atoms with Crippen molar-refractivity contribution in [3.63, 3.8) is 0 Å². The van der Waals surface area contributed by atoms with E-state index >= 15 is 0 Å². The number of aromatic nitrogens is 4. The lowest BCUT2D eigenvalue weighted by Gasteiger charge is -2.02. The number of nitriles is 1. The Bertz CT molecular complexity index is 648. The minimum atomic E-state index is -0.484. The van der Waals surface area contributed by atoms with E-state index in [1.807, 2.05) is 6.07 Å². The topological polar surface area (TPSA) is 103 Å². The van der Waals surface area contributed by atoms with Crippen LogP contribution in [0.1, 0.15) is 18.4 Å². The molecule has 0 bridgehead atoms. The average Bonchev–Trinajstić information content (AvgIpc) is 2.91. The number of imidazole rings is 1. The largest absolute Gasteiger partial charge is 0.334 e. The molecule has 0 aliphatic carbocycles. The van der Waals surface area contributed by atoms with Crippen LogP contribution in [0.4, 0.5) is 5.69 Å². The highest BCUT2D eigenvalue weighted by Gasteiger charge is 2.28. The van der Waals surface area contributed by atoms with Gasteiger partial charge in [-0.25, -0.2) is 9.67 Å². The number of hydrogen-bond acceptors (Lipinski definition) is 5. The summed E-state index contributed by atoms with van der Waals surface area (Å²) in [6.07, 6.45) is 3.36. The molecule has 0 saturated heterocycles. The Labute approximate surface area is 102 Å². The molecular weight excluding hydrogens is 236 g/mol. The molecule has 8 nitrogen and oxygen atoms in total. The highest BCUT2D eigenvalue weighted by Crippen LogP contribution is 2.27. The number of hydrogen-bond donors (Lipinski definition) is 0. The average molecular weight is 246 g/mol. The van der Waals surface area contributed by atoms with Crippen molar-refractivity contribution in [1.82, 2.24) is 19.3 Å². The van der Waals surface area contributed by atoms with Gasteiger partial charge in [-0.1, -0.05) is 6.92 Å². The molecule has 2 rings (SSSR count). The van der Waals surface area contributed by atoms with Gasteiger partial charge in [0.05, 0.1) is 4.92 Å². The van der Waals surface area contributed by atoms with Crippen LogP contribution in [0.25, 0.3) is 5.82 Å². The Morgan fingerprint density at radius 2 is 2.33 bits per heavy atom. The van der Waals surface area contributed by atoms with E-state index in [2.05, 4.69) is 10.1 Å². The highest BCUT2D eigenvalue weighted by molar-refractivity contribution is 5.53. The Balaban J connectivity index is 2.75. The summed E-state index contributed by atoms with van der Waals surface area (Å²) >= 11 is 0. The van der Waals surface area contributed by atoms with Gasteiger partial charge in [-0.3, -0.25) is 14.7 Å². The van der Waals surface area contributed by atoms with Crippen molar-refractivity contribution in [2.75, 3.05) is 0 Å². The van der Waals surface area contributed by atoms with Crippen molar-refractivity contribution in [3.8, 4) is 11.9 Å². The summed E-state index contributed by atoms with van der Waals surface area (Å²) < 4.78 is 2.75. The van der Waals surface area contributed by atoms with E-state index in [9.17, 15) is 10.1 Å². The molecule has 0 saturated carbocycles. The van der Waals surface area contributed by atoms with Crippen molar-refractivity contribution in [2.45, 2.75) is 13.3 Å². The molecule has 0 unspecified atom stereocenters. The van der Waals surface area contributed by atoms with E-state index in [0.29, 0.717) is 12.1 Å². The normalized spacial score (nSPS) is 10.3. The molecule has 0 aliphatic heterocycles. The molecule has 8 heteroatoms. The first-order valence-corrected chi connectivity index (χ1v) is 5.24. The van der Waals surface area contributed by atoms with Gasteiger partial charge in [0.1, 0.15) is 11.8 Å². The lowest BCUT2D eigenvalue weighted by Crippen LogP contribution is -2.06. The lowest BCUT2D eigenvalue weighted by molar-refractivity contribution is -0.385. The van der Waals surface area contributed by atoms with E-state index in [1.165, 1.54) is 21.6 Å². The molecule has 0 N–H and O–H groups in total. The summed E-state index contributed by atoms with van der Waals surface area (Å²) in [5.41, 5.74) is 0.296. The van der Waals surface area contributed by atoms with Gasteiger partial charge in [-0.15, -0.1) is 0 Å². The van der Waals surface area contributed by atoms with Crippen LogP contribution in [0.5, 0.6) is 0 Å². The van der Waals surface area contributed by atoms with Gasteiger partial charge in [0.15, 0.2) is 0 Å². The zero-order valence-electron chi connectivity index (χ0n) is 9.86. The second kappa shape index (κ2) is 4.29. The molecule has 0 fully saturated rings. The van der Waals surface area contributed by atoms with Crippen LogP contribution in [-0.4, -0.2) is 24.3 Å². The molecule has 0 aromatic carbocycles. The Morgan fingerprint density at radius 3 is 2.89 bits per heavy atom. The van der Waals surface area contributed by atoms with E-state index < -0.39 is 4.92 Å². The summed E-state index contributed by atoms with van der Waals surface area (Å²) in [6, 6.07) is 1.88. The molecule has 0 amide bonds. The van der Waals surface area contributed by atoms with Gasteiger partial charge in [0.2, 0.25) is 11.6 Å². The Morgan fingerprint density at radius 1 is 1.61 bits per heavy atom. The summed E-state index contributed by atoms with van der Waals surface area (Å²) in [7, 11) is 1.60. The predicted molar refractivity (Wildman–Crippen MR) is 61.1 cm³/mol. The number of aryl methyl sites for hydroxylation is 2. The van der Waals surface area contributed by atoms with Gasteiger partial charge in [-0.05, 0) is 6.42 Å². The fourth-order valence-corrected chi connectivity index (χ4v) is 1.81. The van der Waals surface area contributed by atoms with Crippen LogP contribution in [0.15, 0.2) is 12.4 Å². The van der Waals surface area contributed by atoms with Gasteiger partial charge in [-0.2, -0.15) is 10.4 Å². The molecule has 2 heterocycles. The van der Waals surface area contributed by atoms with E-state index in [-0.39, 0.29) is 17.3 Å². The van der Waals surface area contributed by atoms with Crippen molar-refractivity contribution < 1.29 is 4.92 Å². The second-order valence-corrected chi connectivity index (χ2v) is 3.59. The van der Waals surface area contributed by atoms with Crippen LogP contribution < -0.4 is 0 Å². The maximum absolute atomic E-state index is 11.1. The minimum absolute atomic E-state index is 0.0868. The van der Waals surface area contributed by atoms with Crippen LogP contribution >= 0.6 is 0 Å². The number of nitrogens with zero attached hydrogens (tertiary/aromatic N) is 6. The Hall–Kier alpha value is -2.69. The third kappa shape index (κ3) is 1.62. The Kier molecular flexibility index (Phi) is 2.81. The van der Waals surface area contributed by atoms with Gasteiger partial charge >= 0.3 is 5.69 Å². The van der Waals surface area contributed by atoms with Crippen molar-refractivity contribution in [3.05, 3.63) is 34.0 Å². The standard InChI is InChI=1S/C10H10N6O2/c1-3-7-9(16(17)18)10(14(2)13-7)15-5-4-12-8(15)6-11/h4-5H,3H2,1-2H3. The second-order valence-electron chi connectivity index (χ2n) is 3.59. The molecule has 0 atom stereocenters. The first kappa shape index (κ1) is 11.8. The molecule has 92 valence electrons. The van der Waals surface area contributed by atoms with E-state index in [4.69, 9.17) is 5.26 Å². The molecule has 0 spiro atoms.